The molecule has 4 nitrogen and oxygen atoms in total. The Morgan fingerprint density at radius 1 is 1.53 bits per heavy atom. The molecule has 0 aliphatic heterocycles. The molecule has 0 heterocycles. The largest absolute Gasteiger partial charge is 0.465 e. The summed E-state index contributed by atoms with van der Waals surface area (Å²) in [6.07, 6.45) is 0. The average Bonchev–Trinajstić information content (AvgIpc) is 2.26. The van der Waals surface area contributed by atoms with Crippen LogP contribution in [0, 0.1) is 11.3 Å². The molecule has 0 unspecified atom stereocenters. The second kappa shape index (κ2) is 5.46. The van der Waals surface area contributed by atoms with Gasteiger partial charge < -0.3 is 9.47 Å². The van der Waals surface area contributed by atoms with E-state index in [0.717, 1.165) is 19.2 Å². The van der Waals surface area contributed by atoms with Gasteiger partial charge in [0.15, 0.2) is 0 Å². The van der Waals surface area contributed by atoms with Crippen LogP contribution in [-0.2, 0) is 4.74 Å². The summed E-state index contributed by atoms with van der Waals surface area (Å²) >= 11 is 5.62. The van der Waals surface area contributed by atoms with Gasteiger partial charge in [-0.05, 0) is 6.07 Å². The molecule has 17 heavy (non-hydrogen) atoms. The first-order valence-corrected chi connectivity index (χ1v) is 4.64. The predicted molar refractivity (Wildman–Crippen MR) is 54.1 cm³/mol. The topological polar surface area (TPSA) is 59.3 Å². The van der Waals surface area contributed by atoms with Crippen LogP contribution < -0.4 is 4.74 Å². The lowest BCUT2D eigenvalue weighted by Gasteiger charge is -2.09. The Hall–Kier alpha value is -1.87. The number of methoxy groups -OCH3 is 1. The Morgan fingerprint density at radius 2 is 2.18 bits per heavy atom. The number of halogens is 3. The van der Waals surface area contributed by atoms with E-state index in [0.29, 0.717) is 0 Å². The molecule has 0 amide bonds. The van der Waals surface area contributed by atoms with Crippen molar-refractivity contribution in [1.82, 2.24) is 0 Å². The second-order valence-electron chi connectivity index (χ2n) is 2.81. The summed E-state index contributed by atoms with van der Waals surface area (Å²) in [5.74, 6) is -1.32. The number of carbonyl (C=O) groups excluding carboxylic acids is 1. The third-order valence-electron chi connectivity index (χ3n) is 1.80. The number of nitriles is 1. The van der Waals surface area contributed by atoms with E-state index in [1.807, 2.05) is 0 Å². The number of benzene rings is 1. The molecule has 1 aromatic carbocycles. The molecule has 0 bridgehead atoms. The van der Waals surface area contributed by atoms with Crippen LogP contribution in [0.4, 0.5) is 8.78 Å². The van der Waals surface area contributed by atoms with Crippen LogP contribution in [0.15, 0.2) is 12.1 Å². The highest BCUT2D eigenvalue weighted by Crippen LogP contribution is 2.28. The lowest BCUT2D eigenvalue weighted by molar-refractivity contribution is -0.0501. The molecule has 0 fully saturated rings. The van der Waals surface area contributed by atoms with Crippen molar-refractivity contribution in [3.8, 4) is 11.8 Å². The van der Waals surface area contributed by atoms with Crippen LogP contribution in [0.25, 0.3) is 0 Å². The normalized spacial score (nSPS) is 9.88. The number of hydrogen-bond donors (Lipinski definition) is 0. The first-order valence-electron chi connectivity index (χ1n) is 4.26. The smallest absolute Gasteiger partial charge is 0.387 e. The van der Waals surface area contributed by atoms with Gasteiger partial charge in [-0.2, -0.15) is 14.0 Å². The van der Waals surface area contributed by atoms with Gasteiger partial charge in [0.25, 0.3) is 0 Å². The second-order valence-corrected chi connectivity index (χ2v) is 3.24. The Balaban J connectivity index is 3.36. The van der Waals surface area contributed by atoms with E-state index in [-0.39, 0.29) is 16.1 Å². The minimum absolute atomic E-state index is 0.0138. The number of esters is 1. The van der Waals surface area contributed by atoms with E-state index in [2.05, 4.69) is 9.47 Å². The third kappa shape index (κ3) is 3.04. The zero-order valence-corrected chi connectivity index (χ0v) is 9.29. The number of nitrogens with zero attached hydrogens (tertiary/aromatic N) is 1. The van der Waals surface area contributed by atoms with Gasteiger partial charge in [-0.1, -0.05) is 11.6 Å². The first kappa shape index (κ1) is 13.2. The van der Waals surface area contributed by atoms with Crippen molar-refractivity contribution in [2.24, 2.45) is 0 Å². The van der Waals surface area contributed by atoms with Gasteiger partial charge in [-0.15, -0.1) is 0 Å². The molecule has 0 atom stereocenters. The molecule has 0 saturated heterocycles. The van der Waals surface area contributed by atoms with Crippen LogP contribution >= 0.6 is 11.6 Å². The van der Waals surface area contributed by atoms with Crippen LogP contribution in [0.1, 0.15) is 15.9 Å². The van der Waals surface area contributed by atoms with E-state index in [9.17, 15) is 13.6 Å². The van der Waals surface area contributed by atoms with Gasteiger partial charge in [0.05, 0.1) is 12.7 Å². The highest BCUT2D eigenvalue weighted by atomic mass is 35.5. The fourth-order valence-electron chi connectivity index (χ4n) is 1.16. The Bertz CT molecular complexity index is 485. The summed E-state index contributed by atoms with van der Waals surface area (Å²) in [5.41, 5.74) is -0.570. The summed E-state index contributed by atoms with van der Waals surface area (Å²) in [7, 11) is 1.10. The van der Waals surface area contributed by atoms with Gasteiger partial charge in [-0.3, -0.25) is 0 Å². The summed E-state index contributed by atoms with van der Waals surface area (Å²) in [5, 5.41) is 8.81. The summed E-state index contributed by atoms with van der Waals surface area (Å²) in [6, 6.07) is 3.76. The standard InChI is InChI=1S/C10H6ClF2NO3/c1-16-9(15)6-2-5(11)3-8(7(6)4-14)17-10(12)13/h2-3,10H,1H3. The third-order valence-corrected chi connectivity index (χ3v) is 2.02. The molecule has 0 aromatic heterocycles. The zero-order valence-electron chi connectivity index (χ0n) is 8.54. The van der Waals surface area contributed by atoms with E-state index in [1.54, 1.807) is 6.07 Å². The fraction of sp³-hybridized carbons (Fsp3) is 0.200. The summed E-state index contributed by atoms with van der Waals surface area (Å²) < 4.78 is 32.7. The first-order chi connectivity index (χ1) is 7.99. The number of carbonyl (C=O) groups is 1. The lowest BCUT2D eigenvalue weighted by atomic mass is 10.1. The molecule has 1 rings (SSSR count). The van der Waals surface area contributed by atoms with Crippen molar-refractivity contribution < 1.29 is 23.0 Å². The number of rotatable bonds is 3. The Morgan fingerprint density at radius 3 is 2.65 bits per heavy atom. The van der Waals surface area contributed by atoms with Gasteiger partial charge in [0.1, 0.15) is 17.4 Å². The lowest BCUT2D eigenvalue weighted by Crippen LogP contribution is -2.09. The molecule has 0 spiro atoms. The maximum Gasteiger partial charge on any atom is 0.387 e. The minimum atomic E-state index is -3.12. The molecule has 90 valence electrons. The van der Waals surface area contributed by atoms with E-state index in [1.165, 1.54) is 0 Å². The summed E-state index contributed by atoms with van der Waals surface area (Å²) in [4.78, 5) is 11.3. The molecule has 0 aliphatic rings. The fourth-order valence-corrected chi connectivity index (χ4v) is 1.37. The van der Waals surface area contributed by atoms with Crippen molar-refractivity contribution in [1.29, 1.82) is 5.26 Å². The molecule has 0 saturated carbocycles. The van der Waals surface area contributed by atoms with Crippen molar-refractivity contribution >= 4 is 17.6 Å². The maximum atomic E-state index is 12.1. The monoisotopic (exact) mass is 261 g/mol. The van der Waals surface area contributed by atoms with Crippen molar-refractivity contribution in [3.63, 3.8) is 0 Å². The van der Waals surface area contributed by atoms with Crippen LogP contribution in [0.2, 0.25) is 5.02 Å². The highest BCUT2D eigenvalue weighted by Gasteiger charge is 2.20. The quantitative estimate of drug-likeness (QED) is 0.785. The molecule has 7 heteroatoms. The van der Waals surface area contributed by atoms with Crippen LogP contribution in [0.3, 0.4) is 0 Å². The van der Waals surface area contributed by atoms with Crippen molar-refractivity contribution in [2.45, 2.75) is 6.61 Å². The highest BCUT2D eigenvalue weighted by molar-refractivity contribution is 6.31. The number of hydrogen-bond acceptors (Lipinski definition) is 4. The van der Waals surface area contributed by atoms with Gasteiger partial charge >= 0.3 is 12.6 Å². The van der Waals surface area contributed by atoms with Crippen molar-refractivity contribution in [2.75, 3.05) is 7.11 Å². The maximum absolute atomic E-state index is 12.1. The molecule has 1 aromatic rings. The van der Waals surface area contributed by atoms with Crippen LogP contribution in [0.5, 0.6) is 5.75 Å². The predicted octanol–water partition coefficient (Wildman–Crippen LogP) is 2.60. The number of alkyl halides is 2. The van der Waals surface area contributed by atoms with E-state index < -0.39 is 18.3 Å². The van der Waals surface area contributed by atoms with E-state index in [4.69, 9.17) is 16.9 Å². The van der Waals surface area contributed by atoms with Gasteiger partial charge in [-0.25, -0.2) is 4.79 Å². The van der Waals surface area contributed by atoms with Crippen molar-refractivity contribution in [3.05, 3.63) is 28.3 Å². The minimum Gasteiger partial charge on any atom is -0.465 e. The van der Waals surface area contributed by atoms with Crippen LogP contribution in [-0.4, -0.2) is 19.7 Å². The Kier molecular flexibility index (Phi) is 4.24. The molecule has 0 N–H and O–H groups in total. The SMILES string of the molecule is COC(=O)c1cc(Cl)cc(OC(F)F)c1C#N. The molecular weight excluding hydrogens is 256 g/mol. The van der Waals surface area contributed by atoms with Gasteiger partial charge in [0.2, 0.25) is 0 Å². The molecular formula is C10H6ClF2NO3. The van der Waals surface area contributed by atoms with Gasteiger partial charge in [0, 0.05) is 11.1 Å². The average molecular weight is 262 g/mol. The molecule has 0 radical (unpaired) electrons. The molecule has 0 aliphatic carbocycles. The van der Waals surface area contributed by atoms with E-state index >= 15 is 0 Å². The Labute approximate surface area is 100 Å². The summed E-state index contributed by atoms with van der Waals surface area (Å²) in [6.45, 7) is -3.12. The zero-order chi connectivity index (χ0) is 13.0. The number of ether oxygens (including phenoxy) is 2.